The van der Waals surface area contributed by atoms with E-state index < -0.39 is 0 Å². The van der Waals surface area contributed by atoms with E-state index in [1.165, 1.54) is 27.1 Å². The number of halogens is 1. The van der Waals surface area contributed by atoms with E-state index >= 15 is 0 Å². The molecule has 3 aromatic heterocycles. The molecular formula is C19H20ClN3O2S2. The summed E-state index contributed by atoms with van der Waals surface area (Å²) in [7, 11) is 1.74. The summed E-state index contributed by atoms with van der Waals surface area (Å²) in [6.45, 7) is 2.72. The SMILES string of the molecule is CC1CCc2c(sc3ncn(CC(=O)N(C)Cc4ccc(Cl)s4)c(=O)c23)C1. The molecule has 3 aromatic rings. The van der Waals surface area contributed by atoms with E-state index in [0.717, 1.165) is 34.5 Å². The highest BCUT2D eigenvalue weighted by molar-refractivity contribution is 7.18. The predicted octanol–water partition coefficient (Wildman–Crippen LogP) is 3.96. The third-order valence-electron chi connectivity index (χ3n) is 5.04. The highest BCUT2D eigenvalue weighted by atomic mass is 35.5. The van der Waals surface area contributed by atoms with Crippen molar-refractivity contribution in [2.45, 2.75) is 39.3 Å². The number of hydrogen-bond donors (Lipinski definition) is 0. The first kappa shape index (κ1) is 18.7. The fourth-order valence-corrected chi connectivity index (χ4v) is 5.99. The Labute approximate surface area is 170 Å². The van der Waals surface area contributed by atoms with Crippen molar-refractivity contribution in [1.82, 2.24) is 14.5 Å². The van der Waals surface area contributed by atoms with Crippen LogP contribution < -0.4 is 5.56 Å². The van der Waals surface area contributed by atoms with Crippen LogP contribution in [0.2, 0.25) is 4.34 Å². The van der Waals surface area contributed by atoms with Gasteiger partial charge in [0, 0.05) is 16.8 Å². The Morgan fingerprint density at radius 2 is 2.22 bits per heavy atom. The third kappa shape index (κ3) is 3.68. The molecular weight excluding hydrogens is 402 g/mol. The summed E-state index contributed by atoms with van der Waals surface area (Å²) >= 11 is 9.03. The first-order valence-electron chi connectivity index (χ1n) is 8.90. The molecule has 1 aliphatic rings. The first-order valence-corrected chi connectivity index (χ1v) is 10.9. The number of fused-ring (bicyclic) bond motifs is 3. The predicted molar refractivity (Wildman–Crippen MR) is 111 cm³/mol. The maximum atomic E-state index is 13.0. The molecule has 27 heavy (non-hydrogen) atoms. The molecule has 0 bridgehead atoms. The average molecular weight is 422 g/mol. The van der Waals surface area contributed by atoms with Crippen LogP contribution >= 0.6 is 34.3 Å². The van der Waals surface area contributed by atoms with E-state index in [1.54, 1.807) is 23.3 Å². The van der Waals surface area contributed by atoms with Gasteiger partial charge in [-0.2, -0.15) is 0 Å². The molecule has 0 spiro atoms. The van der Waals surface area contributed by atoms with E-state index in [4.69, 9.17) is 11.6 Å². The zero-order chi connectivity index (χ0) is 19.1. The summed E-state index contributed by atoms with van der Waals surface area (Å²) in [5, 5.41) is 0.713. The van der Waals surface area contributed by atoms with Crippen LogP contribution in [0, 0.1) is 5.92 Å². The summed E-state index contributed by atoms with van der Waals surface area (Å²) in [4.78, 5) is 34.8. The van der Waals surface area contributed by atoms with E-state index in [9.17, 15) is 9.59 Å². The van der Waals surface area contributed by atoms with Crippen molar-refractivity contribution in [2.24, 2.45) is 5.92 Å². The maximum absolute atomic E-state index is 13.0. The van der Waals surface area contributed by atoms with Crippen molar-refractivity contribution in [2.75, 3.05) is 7.05 Å². The minimum absolute atomic E-state index is 0.00158. The molecule has 1 amide bonds. The highest BCUT2D eigenvalue weighted by Crippen LogP contribution is 2.35. The van der Waals surface area contributed by atoms with Crippen molar-refractivity contribution in [3.8, 4) is 0 Å². The van der Waals surface area contributed by atoms with Crippen LogP contribution in [0.15, 0.2) is 23.3 Å². The standard InChI is InChI=1S/C19H20ClN3O2S2/c1-11-3-5-13-14(7-11)27-18-17(13)19(25)23(10-21-18)9-16(24)22(2)8-12-4-6-15(20)26-12/h4,6,10-11H,3,5,7-9H2,1-2H3. The molecule has 1 unspecified atom stereocenters. The number of aromatic nitrogens is 2. The lowest BCUT2D eigenvalue weighted by Gasteiger charge is -2.18. The smallest absolute Gasteiger partial charge is 0.262 e. The Morgan fingerprint density at radius 1 is 1.41 bits per heavy atom. The molecule has 0 N–H and O–H groups in total. The second kappa shape index (κ2) is 7.37. The van der Waals surface area contributed by atoms with E-state index in [1.807, 2.05) is 12.1 Å². The van der Waals surface area contributed by atoms with Crippen LogP contribution in [0.5, 0.6) is 0 Å². The Bertz CT molecular complexity index is 1070. The van der Waals surface area contributed by atoms with Gasteiger partial charge in [-0.3, -0.25) is 14.2 Å². The van der Waals surface area contributed by atoms with Gasteiger partial charge in [0.25, 0.3) is 5.56 Å². The molecule has 1 atom stereocenters. The summed E-state index contributed by atoms with van der Waals surface area (Å²) < 4.78 is 2.14. The van der Waals surface area contributed by atoms with Gasteiger partial charge in [-0.15, -0.1) is 22.7 Å². The van der Waals surface area contributed by atoms with E-state index in [2.05, 4.69) is 11.9 Å². The van der Waals surface area contributed by atoms with Crippen molar-refractivity contribution in [3.05, 3.63) is 48.5 Å². The zero-order valence-corrected chi connectivity index (χ0v) is 17.6. The molecule has 0 saturated heterocycles. The quantitative estimate of drug-likeness (QED) is 0.640. The summed E-state index contributed by atoms with van der Waals surface area (Å²) in [6.07, 6.45) is 4.53. The van der Waals surface area contributed by atoms with Gasteiger partial charge < -0.3 is 4.90 Å². The number of rotatable bonds is 4. The second-order valence-corrected chi connectivity index (χ2v) is 10.0. The van der Waals surface area contributed by atoms with Crippen molar-refractivity contribution >= 4 is 50.4 Å². The fourth-order valence-electron chi connectivity index (χ4n) is 3.50. The van der Waals surface area contributed by atoms with Crippen LogP contribution in [0.1, 0.15) is 28.7 Å². The molecule has 4 rings (SSSR count). The Morgan fingerprint density at radius 3 is 2.96 bits per heavy atom. The normalized spacial score (nSPS) is 16.5. The number of aryl methyl sites for hydroxylation is 1. The van der Waals surface area contributed by atoms with Gasteiger partial charge in [0.1, 0.15) is 11.4 Å². The molecule has 0 fully saturated rings. The molecule has 3 heterocycles. The number of likely N-dealkylation sites (N-methyl/N-ethyl adjacent to an activating group) is 1. The number of amides is 1. The summed E-state index contributed by atoms with van der Waals surface area (Å²) in [5.41, 5.74) is 1.04. The lowest BCUT2D eigenvalue weighted by atomic mass is 9.89. The zero-order valence-electron chi connectivity index (χ0n) is 15.2. The number of hydrogen-bond acceptors (Lipinski definition) is 5. The largest absolute Gasteiger partial charge is 0.339 e. The lowest BCUT2D eigenvalue weighted by Crippen LogP contribution is -2.33. The molecule has 0 aliphatic heterocycles. The second-order valence-electron chi connectivity index (χ2n) is 7.17. The summed E-state index contributed by atoms with van der Waals surface area (Å²) in [5.74, 6) is 0.522. The number of carbonyl (C=O) groups is 1. The molecule has 5 nitrogen and oxygen atoms in total. The lowest BCUT2D eigenvalue weighted by molar-refractivity contribution is -0.131. The molecule has 0 aromatic carbocycles. The molecule has 1 aliphatic carbocycles. The topological polar surface area (TPSA) is 55.2 Å². The van der Waals surface area contributed by atoms with Crippen molar-refractivity contribution < 1.29 is 4.79 Å². The number of nitrogens with zero attached hydrogens (tertiary/aromatic N) is 3. The van der Waals surface area contributed by atoms with Gasteiger partial charge in [0.05, 0.1) is 22.6 Å². The first-order chi connectivity index (χ1) is 12.9. The van der Waals surface area contributed by atoms with Gasteiger partial charge in [-0.25, -0.2) is 4.98 Å². The Balaban J connectivity index is 1.57. The molecule has 0 saturated carbocycles. The minimum Gasteiger partial charge on any atom is -0.339 e. The number of carbonyl (C=O) groups excluding carboxylic acids is 1. The third-order valence-corrected chi connectivity index (χ3v) is 7.41. The van der Waals surface area contributed by atoms with Gasteiger partial charge in [-0.1, -0.05) is 18.5 Å². The monoisotopic (exact) mass is 421 g/mol. The van der Waals surface area contributed by atoms with Gasteiger partial charge in [-0.05, 0) is 42.9 Å². The summed E-state index contributed by atoms with van der Waals surface area (Å²) in [6, 6.07) is 3.73. The van der Waals surface area contributed by atoms with Crippen LogP contribution in [0.4, 0.5) is 0 Å². The average Bonchev–Trinajstić information content (AvgIpc) is 3.20. The van der Waals surface area contributed by atoms with Crippen LogP contribution in [0.25, 0.3) is 10.2 Å². The minimum atomic E-state index is -0.125. The van der Waals surface area contributed by atoms with E-state index in [-0.39, 0.29) is 18.0 Å². The van der Waals surface area contributed by atoms with Gasteiger partial charge in [0.2, 0.25) is 5.91 Å². The molecule has 8 heteroatoms. The fraction of sp³-hybridized carbons (Fsp3) is 0.421. The van der Waals surface area contributed by atoms with Crippen LogP contribution in [-0.2, 0) is 30.7 Å². The number of thiophene rings is 2. The van der Waals surface area contributed by atoms with Crippen molar-refractivity contribution in [3.63, 3.8) is 0 Å². The highest BCUT2D eigenvalue weighted by Gasteiger charge is 2.23. The van der Waals surface area contributed by atoms with E-state index in [0.29, 0.717) is 22.2 Å². The Hall–Kier alpha value is -1.70. The van der Waals surface area contributed by atoms with Gasteiger partial charge >= 0.3 is 0 Å². The van der Waals surface area contributed by atoms with Crippen LogP contribution in [0.3, 0.4) is 0 Å². The van der Waals surface area contributed by atoms with Crippen molar-refractivity contribution in [1.29, 1.82) is 0 Å². The van der Waals surface area contributed by atoms with Crippen LogP contribution in [-0.4, -0.2) is 27.4 Å². The molecule has 142 valence electrons. The maximum Gasteiger partial charge on any atom is 0.262 e. The molecule has 0 radical (unpaired) electrons. The van der Waals surface area contributed by atoms with Gasteiger partial charge in [0.15, 0.2) is 0 Å². The Kier molecular flexibility index (Phi) is 5.09.